The first-order chi connectivity index (χ1) is 14.3. The van der Waals surface area contributed by atoms with E-state index in [0.717, 1.165) is 36.5 Å². The predicted octanol–water partition coefficient (Wildman–Crippen LogP) is 7.22. The lowest BCUT2D eigenvalue weighted by Crippen LogP contribution is -2.54. The molecule has 30 heavy (non-hydrogen) atoms. The van der Waals surface area contributed by atoms with Gasteiger partial charge in [0, 0.05) is 6.61 Å². The highest BCUT2D eigenvalue weighted by Crippen LogP contribution is 2.86. The predicted molar refractivity (Wildman–Crippen MR) is 127 cm³/mol. The van der Waals surface area contributed by atoms with Crippen molar-refractivity contribution in [2.24, 2.45) is 45.3 Å². The molecular formula is C28H52O2. The van der Waals surface area contributed by atoms with E-state index in [-0.39, 0.29) is 11.5 Å². The first kappa shape index (κ1) is 24.6. The largest absolute Gasteiger partial charge is 0.396 e. The van der Waals surface area contributed by atoms with Gasteiger partial charge in [-0.15, -0.1) is 0 Å². The molecule has 0 heterocycles. The van der Waals surface area contributed by atoms with Crippen molar-refractivity contribution in [3.8, 4) is 0 Å². The maximum Gasteiger partial charge on any atom is 0.0594 e. The van der Waals surface area contributed by atoms with Crippen LogP contribution < -0.4 is 0 Å². The monoisotopic (exact) mass is 420 g/mol. The Labute approximate surface area is 187 Å². The molecule has 2 heteroatoms. The van der Waals surface area contributed by atoms with Crippen molar-refractivity contribution < 1.29 is 10.2 Å². The third-order valence-electron chi connectivity index (χ3n) is 11.2. The number of aliphatic hydroxyl groups excluding tert-OH is 2. The Kier molecular flexibility index (Phi) is 7.12. The zero-order valence-electron chi connectivity index (χ0n) is 21.3. The molecule has 5 rings (SSSR count). The van der Waals surface area contributed by atoms with Crippen LogP contribution in [0.15, 0.2) is 0 Å². The molecule has 5 aliphatic rings. The van der Waals surface area contributed by atoms with Crippen molar-refractivity contribution in [3.05, 3.63) is 0 Å². The minimum Gasteiger partial charge on any atom is -0.396 e. The number of hydrogen-bond donors (Lipinski definition) is 2. The Morgan fingerprint density at radius 2 is 1.43 bits per heavy atom. The van der Waals surface area contributed by atoms with Crippen LogP contribution >= 0.6 is 0 Å². The Morgan fingerprint density at radius 1 is 0.767 bits per heavy atom. The smallest absolute Gasteiger partial charge is 0.0594 e. The van der Waals surface area contributed by atoms with Gasteiger partial charge in [0.1, 0.15) is 0 Å². The van der Waals surface area contributed by atoms with Crippen LogP contribution in [0.4, 0.5) is 0 Å². The maximum absolute atomic E-state index is 10.7. The third-order valence-corrected chi connectivity index (χ3v) is 11.2. The van der Waals surface area contributed by atoms with Crippen LogP contribution in [0, 0.1) is 45.3 Å². The van der Waals surface area contributed by atoms with Crippen LogP contribution in [0.5, 0.6) is 0 Å². The van der Waals surface area contributed by atoms with E-state index in [1.165, 1.54) is 57.8 Å². The summed E-state index contributed by atoms with van der Waals surface area (Å²) in [6, 6.07) is 0. The van der Waals surface area contributed by atoms with Gasteiger partial charge in [-0.25, -0.2) is 0 Å². The van der Waals surface area contributed by atoms with Crippen LogP contribution in [0.1, 0.15) is 119 Å². The molecule has 8 atom stereocenters. The van der Waals surface area contributed by atoms with E-state index in [1.807, 2.05) is 27.7 Å². The molecule has 5 saturated carbocycles. The van der Waals surface area contributed by atoms with Gasteiger partial charge in [-0.05, 0) is 116 Å². The van der Waals surface area contributed by atoms with E-state index in [2.05, 4.69) is 20.8 Å². The summed E-state index contributed by atoms with van der Waals surface area (Å²) >= 11 is 0. The molecule has 0 amide bonds. The van der Waals surface area contributed by atoms with Gasteiger partial charge >= 0.3 is 0 Å². The average molecular weight is 421 g/mol. The molecule has 2 spiro atoms. The van der Waals surface area contributed by atoms with Gasteiger partial charge in [0.05, 0.1) is 6.10 Å². The van der Waals surface area contributed by atoms with Gasteiger partial charge in [-0.2, -0.15) is 0 Å². The lowest BCUT2D eigenvalue weighted by atomic mass is 9.46. The molecular weight excluding hydrogens is 368 g/mol. The number of hydrogen-bond acceptors (Lipinski definition) is 2. The fraction of sp³-hybridized carbons (Fsp3) is 1.00. The molecule has 0 aromatic carbocycles. The minimum atomic E-state index is -0.0875. The number of rotatable bonds is 3. The normalized spacial score (nSPS) is 49.7. The molecule has 2 N–H and O–H groups in total. The first-order valence-corrected chi connectivity index (χ1v) is 13.6. The SMILES string of the molecule is CC.CC.CC1(C)C(O)CCC23CC24CCC2(C)C(CCCO)CCC2C4CCC13. The quantitative estimate of drug-likeness (QED) is 0.506. The lowest BCUT2D eigenvalue weighted by Gasteiger charge is -2.59. The van der Waals surface area contributed by atoms with Gasteiger partial charge < -0.3 is 10.2 Å². The summed E-state index contributed by atoms with van der Waals surface area (Å²) in [6.07, 6.45) is 14.5. The topological polar surface area (TPSA) is 40.5 Å². The van der Waals surface area contributed by atoms with Crippen LogP contribution in [0.2, 0.25) is 0 Å². The van der Waals surface area contributed by atoms with Gasteiger partial charge in [0.2, 0.25) is 0 Å². The highest BCUT2D eigenvalue weighted by molar-refractivity contribution is 5.28. The zero-order chi connectivity index (χ0) is 22.4. The van der Waals surface area contributed by atoms with Crippen molar-refractivity contribution in [2.75, 3.05) is 6.61 Å². The molecule has 5 aliphatic carbocycles. The molecule has 5 fully saturated rings. The second-order valence-corrected chi connectivity index (χ2v) is 11.9. The second kappa shape index (κ2) is 8.69. The molecule has 0 radical (unpaired) electrons. The highest BCUT2D eigenvalue weighted by Gasteiger charge is 2.79. The van der Waals surface area contributed by atoms with E-state index in [0.29, 0.717) is 22.9 Å². The summed E-state index contributed by atoms with van der Waals surface area (Å²) in [5.74, 6) is 3.51. The van der Waals surface area contributed by atoms with Crippen LogP contribution in [0.3, 0.4) is 0 Å². The lowest BCUT2D eigenvalue weighted by molar-refractivity contribution is -0.132. The molecule has 0 aliphatic heterocycles. The Hall–Kier alpha value is -0.0800. The second-order valence-electron chi connectivity index (χ2n) is 11.9. The molecule has 176 valence electrons. The van der Waals surface area contributed by atoms with Crippen molar-refractivity contribution >= 4 is 0 Å². The summed E-state index contributed by atoms with van der Waals surface area (Å²) in [4.78, 5) is 0. The average Bonchev–Trinajstić information content (AvgIpc) is 3.31. The van der Waals surface area contributed by atoms with Crippen molar-refractivity contribution in [2.45, 2.75) is 125 Å². The zero-order valence-corrected chi connectivity index (χ0v) is 21.3. The molecule has 0 aromatic heterocycles. The molecule has 2 nitrogen and oxygen atoms in total. The number of aliphatic hydroxyl groups is 2. The van der Waals surface area contributed by atoms with Crippen LogP contribution in [-0.4, -0.2) is 22.9 Å². The minimum absolute atomic E-state index is 0.0875. The Morgan fingerprint density at radius 3 is 2.10 bits per heavy atom. The summed E-state index contributed by atoms with van der Waals surface area (Å²) in [6.45, 7) is 15.7. The summed E-state index contributed by atoms with van der Waals surface area (Å²) in [5.41, 5.74) is 1.89. The summed E-state index contributed by atoms with van der Waals surface area (Å²) in [5, 5.41) is 20.0. The van der Waals surface area contributed by atoms with Crippen LogP contribution in [-0.2, 0) is 0 Å². The molecule has 8 unspecified atom stereocenters. The highest BCUT2D eigenvalue weighted by atomic mass is 16.3. The molecule has 0 aromatic rings. The van der Waals surface area contributed by atoms with Gasteiger partial charge in [0.25, 0.3) is 0 Å². The van der Waals surface area contributed by atoms with Gasteiger partial charge in [-0.3, -0.25) is 0 Å². The van der Waals surface area contributed by atoms with Crippen molar-refractivity contribution in [1.29, 1.82) is 0 Å². The van der Waals surface area contributed by atoms with E-state index < -0.39 is 0 Å². The maximum atomic E-state index is 10.7. The van der Waals surface area contributed by atoms with Crippen LogP contribution in [0.25, 0.3) is 0 Å². The standard InChI is InChI=1S/C24H40O2.2C2H6/c1-21(2)19-9-8-18-17-7-6-16(5-4-14-25)22(17,3)12-13-23(18)15-24(19,23)11-10-20(21)26;2*1-2/h16-20,25-26H,4-15H2,1-3H3;2*1-2H3. The Bertz CT molecular complexity index is 585. The fourth-order valence-electron chi connectivity index (χ4n) is 9.79. The summed E-state index contributed by atoms with van der Waals surface area (Å²) in [7, 11) is 0. The fourth-order valence-corrected chi connectivity index (χ4v) is 9.79. The van der Waals surface area contributed by atoms with Gasteiger partial charge in [0.15, 0.2) is 0 Å². The van der Waals surface area contributed by atoms with Crippen molar-refractivity contribution in [3.63, 3.8) is 0 Å². The van der Waals surface area contributed by atoms with E-state index >= 15 is 0 Å². The van der Waals surface area contributed by atoms with E-state index in [4.69, 9.17) is 0 Å². The molecule has 0 saturated heterocycles. The number of fused-ring (bicyclic) bond motifs is 2. The Balaban J connectivity index is 0.000000606. The summed E-state index contributed by atoms with van der Waals surface area (Å²) < 4.78 is 0. The van der Waals surface area contributed by atoms with E-state index in [9.17, 15) is 10.2 Å². The first-order valence-electron chi connectivity index (χ1n) is 13.6. The molecule has 0 bridgehead atoms. The van der Waals surface area contributed by atoms with E-state index in [1.54, 1.807) is 0 Å². The van der Waals surface area contributed by atoms with Gasteiger partial charge in [-0.1, -0.05) is 48.5 Å². The van der Waals surface area contributed by atoms with Crippen molar-refractivity contribution in [1.82, 2.24) is 0 Å². The third kappa shape index (κ3) is 3.17.